The molecule has 1 amide bonds. The van der Waals surface area contributed by atoms with Gasteiger partial charge in [-0.25, -0.2) is 9.59 Å². The molecule has 1 N–H and O–H groups in total. The van der Waals surface area contributed by atoms with Crippen molar-refractivity contribution >= 4 is 30.0 Å². The molecule has 1 aromatic carbocycles. The lowest BCUT2D eigenvalue weighted by Gasteiger charge is -2.41. The highest BCUT2D eigenvalue weighted by molar-refractivity contribution is 5.82. The first kappa shape index (κ1) is 26.6. The molecule has 34 heavy (non-hydrogen) atoms. The van der Waals surface area contributed by atoms with Gasteiger partial charge in [0.1, 0.15) is 12.7 Å². The summed E-state index contributed by atoms with van der Waals surface area (Å²) in [6.45, 7) is 3.28. The minimum atomic E-state index is -1.53. The number of rotatable bonds is 8. The molecular weight excluding hydrogens is 454 g/mol. The van der Waals surface area contributed by atoms with Crippen molar-refractivity contribution in [2.45, 2.75) is 64.4 Å². The molecule has 0 spiro atoms. The zero-order valence-electron chi connectivity index (χ0n) is 19.2. The van der Waals surface area contributed by atoms with Gasteiger partial charge in [0.25, 0.3) is 0 Å². The summed E-state index contributed by atoms with van der Waals surface area (Å²) < 4.78 is 31.1. The number of hydrogen-bond acceptors (Lipinski definition) is 11. The number of ether oxygens (including phenoxy) is 6. The molecule has 1 fully saturated rings. The standard InChI is InChI=1S/C22H27NO11/c1-12(24)31-17-10-16(34-21(33-14(3)26)19(17)32-13(2)25)18(20(27)29-4)23-22(28)30-11-15-8-6-5-7-9-15/h5-9,16-19,21H,10-11H2,1-4H3,(H,23,28)/t16-,17+,18-,19+,21?/m0/s1. The van der Waals surface area contributed by atoms with Crippen LogP contribution in [0, 0.1) is 0 Å². The van der Waals surface area contributed by atoms with Crippen LogP contribution in [0.5, 0.6) is 0 Å². The monoisotopic (exact) mass is 481 g/mol. The van der Waals surface area contributed by atoms with Gasteiger partial charge < -0.3 is 33.7 Å². The van der Waals surface area contributed by atoms with E-state index in [0.29, 0.717) is 0 Å². The van der Waals surface area contributed by atoms with E-state index in [1.54, 1.807) is 30.3 Å². The second-order valence-electron chi connectivity index (χ2n) is 7.32. The number of amides is 1. The Morgan fingerprint density at radius 2 is 1.59 bits per heavy atom. The quantitative estimate of drug-likeness (QED) is 0.418. The number of benzene rings is 1. The van der Waals surface area contributed by atoms with Crippen molar-refractivity contribution in [1.29, 1.82) is 0 Å². The van der Waals surface area contributed by atoms with Gasteiger partial charge in [-0.05, 0) is 5.56 Å². The van der Waals surface area contributed by atoms with Gasteiger partial charge in [-0.3, -0.25) is 14.4 Å². The average molecular weight is 481 g/mol. The summed E-state index contributed by atoms with van der Waals surface area (Å²) in [5.74, 6) is -3.13. The van der Waals surface area contributed by atoms with Crippen molar-refractivity contribution in [2.24, 2.45) is 0 Å². The zero-order chi connectivity index (χ0) is 25.3. The third kappa shape index (κ3) is 8.03. The Morgan fingerprint density at radius 1 is 0.971 bits per heavy atom. The molecule has 1 unspecified atom stereocenters. The van der Waals surface area contributed by atoms with Crippen molar-refractivity contribution in [3.63, 3.8) is 0 Å². The normalized spacial score (nSPS) is 22.5. The Hall–Kier alpha value is -3.67. The molecule has 0 aliphatic carbocycles. The van der Waals surface area contributed by atoms with Crippen LogP contribution in [0.3, 0.4) is 0 Å². The van der Waals surface area contributed by atoms with Crippen LogP contribution in [-0.2, 0) is 54.2 Å². The van der Waals surface area contributed by atoms with E-state index >= 15 is 0 Å². The summed E-state index contributed by atoms with van der Waals surface area (Å²) in [6, 6.07) is 7.42. The van der Waals surface area contributed by atoms with E-state index in [9.17, 15) is 24.0 Å². The fourth-order valence-corrected chi connectivity index (χ4v) is 3.29. The van der Waals surface area contributed by atoms with Crippen molar-refractivity contribution in [3.8, 4) is 0 Å². The average Bonchev–Trinajstić information content (AvgIpc) is 2.77. The summed E-state index contributed by atoms with van der Waals surface area (Å²) >= 11 is 0. The topological polar surface area (TPSA) is 153 Å². The first-order valence-electron chi connectivity index (χ1n) is 10.3. The third-order valence-electron chi connectivity index (χ3n) is 4.62. The van der Waals surface area contributed by atoms with Crippen LogP contribution in [0.25, 0.3) is 0 Å². The van der Waals surface area contributed by atoms with E-state index in [0.717, 1.165) is 33.4 Å². The van der Waals surface area contributed by atoms with Crippen molar-refractivity contribution < 1.29 is 52.4 Å². The molecule has 12 nitrogen and oxygen atoms in total. The van der Waals surface area contributed by atoms with Gasteiger partial charge in [0, 0.05) is 27.2 Å². The van der Waals surface area contributed by atoms with E-state index < -0.39 is 60.6 Å². The molecule has 2 rings (SSSR count). The molecule has 0 bridgehead atoms. The highest BCUT2D eigenvalue weighted by Gasteiger charge is 2.49. The maximum atomic E-state index is 12.5. The minimum Gasteiger partial charge on any atom is -0.467 e. The van der Waals surface area contributed by atoms with Gasteiger partial charge in [-0.15, -0.1) is 0 Å². The second kappa shape index (κ2) is 12.5. The second-order valence-corrected chi connectivity index (χ2v) is 7.32. The fraction of sp³-hybridized carbons (Fsp3) is 0.500. The summed E-state index contributed by atoms with van der Waals surface area (Å²) in [7, 11) is 1.10. The van der Waals surface area contributed by atoms with Crippen LogP contribution in [0.1, 0.15) is 32.8 Å². The number of carbonyl (C=O) groups is 5. The third-order valence-corrected chi connectivity index (χ3v) is 4.62. The molecule has 12 heteroatoms. The van der Waals surface area contributed by atoms with E-state index in [1.807, 2.05) is 0 Å². The van der Waals surface area contributed by atoms with Crippen LogP contribution in [0.15, 0.2) is 30.3 Å². The van der Waals surface area contributed by atoms with Gasteiger partial charge in [0.2, 0.25) is 12.4 Å². The molecule has 0 aromatic heterocycles. The number of esters is 4. The fourth-order valence-electron chi connectivity index (χ4n) is 3.29. The largest absolute Gasteiger partial charge is 0.467 e. The highest BCUT2D eigenvalue weighted by Crippen LogP contribution is 2.29. The Morgan fingerprint density at radius 3 is 2.15 bits per heavy atom. The lowest BCUT2D eigenvalue weighted by Crippen LogP contribution is -2.60. The van der Waals surface area contributed by atoms with E-state index in [4.69, 9.17) is 28.4 Å². The summed E-state index contributed by atoms with van der Waals surface area (Å²) in [5.41, 5.74) is 0.718. The van der Waals surface area contributed by atoms with Crippen LogP contribution < -0.4 is 5.32 Å². The Labute approximate surface area is 195 Å². The lowest BCUT2D eigenvalue weighted by molar-refractivity contribution is -0.270. The number of carbonyl (C=O) groups excluding carboxylic acids is 5. The maximum Gasteiger partial charge on any atom is 0.408 e. The molecule has 1 saturated heterocycles. The molecular formula is C22H27NO11. The van der Waals surface area contributed by atoms with Crippen molar-refractivity contribution in [3.05, 3.63) is 35.9 Å². The minimum absolute atomic E-state index is 0.0627. The Balaban J connectivity index is 2.23. The molecule has 1 aliphatic rings. The van der Waals surface area contributed by atoms with Crippen molar-refractivity contribution in [1.82, 2.24) is 5.32 Å². The zero-order valence-corrected chi connectivity index (χ0v) is 19.2. The predicted octanol–water partition coefficient (Wildman–Crippen LogP) is 0.996. The number of nitrogens with one attached hydrogen (secondary N) is 1. The summed E-state index contributed by atoms with van der Waals surface area (Å²) in [6.07, 6.45) is -6.33. The predicted molar refractivity (Wildman–Crippen MR) is 112 cm³/mol. The van der Waals surface area contributed by atoms with Gasteiger partial charge in [0.05, 0.1) is 13.2 Å². The first-order valence-corrected chi connectivity index (χ1v) is 10.3. The lowest BCUT2D eigenvalue weighted by atomic mass is 9.96. The number of alkyl carbamates (subject to hydrolysis) is 1. The van der Waals surface area contributed by atoms with Gasteiger partial charge in [0.15, 0.2) is 6.04 Å². The van der Waals surface area contributed by atoms with Gasteiger partial charge in [-0.1, -0.05) is 30.3 Å². The highest BCUT2D eigenvalue weighted by atomic mass is 16.7. The molecule has 0 saturated carbocycles. The molecule has 1 aliphatic heterocycles. The van der Waals surface area contributed by atoms with E-state index in [-0.39, 0.29) is 13.0 Å². The number of hydrogen-bond donors (Lipinski definition) is 1. The molecule has 5 atom stereocenters. The Bertz CT molecular complexity index is 862. The SMILES string of the molecule is COC(=O)[C@@H](NC(=O)OCc1ccccc1)[C@@H]1C[C@@H](OC(C)=O)[C@@H](OC(C)=O)C(OC(C)=O)O1. The summed E-state index contributed by atoms with van der Waals surface area (Å²) in [4.78, 5) is 59.7. The first-order chi connectivity index (χ1) is 16.1. The Kier molecular flexibility index (Phi) is 9.80. The molecule has 1 heterocycles. The molecule has 1 aromatic rings. The van der Waals surface area contributed by atoms with E-state index in [2.05, 4.69) is 5.32 Å². The van der Waals surface area contributed by atoms with Crippen LogP contribution >= 0.6 is 0 Å². The van der Waals surface area contributed by atoms with Gasteiger partial charge >= 0.3 is 30.0 Å². The van der Waals surface area contributed by atoms with Crippen LogP contribution in [0.4, 0.5) is 4.79 Å². The maximum absolute atomic E-state index is 12.5. The van der Waals surface area contributed by atoms with Crippen LogP contribution in [-0.4, -0.2) is 67.7 Å². The van der Waals surface area contributed by atoms with Crippen LogP contribution in [0.2, 0.25) is 0 Å². The van der Waals surface area contributed by atoms with Crippen molar-refractivity contribution in [2.75, 3.05) is 7.11 Å². The summed E-state index contributed by atoms with van der Waals surface area (Å²) in [5, 5.41) is 2.36. The van der Waals surface area contributed by atoms with E-state index in [1.165, 1.54) is 0 Å². The molecule has 0 radical (unpaired) electrons. The number of methoxy groups -OCH3 is 1. The molecule has 186 valence electrons. The van der Waals surface area contributed by atoms with Gasteiger partial charge in [-0.2, -0.15) is 0 Å². The smallest absolute Gasteiger partial charge is 0.408 e.